The Morgan fingerprint density at radius 1 is 0.449 bits per heavy atom. The normalized spacial score (nSPS) is 13.7. The van der Waals surface area contributed by atoms with Crippen LogP contribution in [0.15, 0.2) is 108 Å². The second-order valence-electron chi connectivity index (χ2n) is 13.9. The summed E-state index contributed by atoms with van der Waals surface area (Å²) in [5, 5.41) is 8.98. The molecule has 1 heterocycles. The molecule has 1 aliphatic carbocycles. The van der Waals surface area contributed by atoms with Crippen LogP contribution in [-0.2, 0) is 5.41 Å². The molecule has 0 amide bonds. The first kappa shape index (κ1) is 28.9. The molecule has 49 heavy (non-hydrogen) atoms. The van der Waals surface area contributed by atoms with E-state index in [1.54, 1.807) is 0 Å². The minimum absolute atomic E-state index is 0.186. The zero-order chi connectivity index (χ0) is 33.5. The molecule has 0 spiro atoms. The van der Waals surface area contributed by atoms with Crippen molar-refractivity contribution in [2.45, 2.75) is 19.3 Å². The highest BCUT2D eigenvalue weighted by Crippen LogP contribution is 2.55. The highest BCUT2D eigenvalue weighted by Gasteiger charge is 2.38. The third-order valence-corrected chi connectivity index (χ3v) is 11.1. The molecule has 1 aromatic heterocycles. The zero-order valence-electron chi connectivity index (χ0n) is 27.1. The van der Waals surface area contributed by atoms with Gasteiger partial charge in [0.05, 0.1) is 0 Å². The summed E-state index contributed by atoms with van der Waals surface area (Å²) in [6.07, 6.45) is 0. The molecular formula is C43H23B5O. The van der Waals surface area contributed by atoms with Gasteiger partial charge in [0.25, 0.3) is 0 Å². The van der Waals surface area contributed by atoms with Crippen LogP contribution in [0.5, 0.6) is 0 Å². The van der Waals surface area contributed by atoms with Crippen LogP contribution >= 0.6 is 0 Å². The molecule has 10 rings (SSSR count). The molecule has 1 nitrogen and oxygen atoms in total. The van der Waals surface area contributed by atoms with Gasteiger partial charge in [0.15, 0.2) is 0 Å². The molecule has 0 fully saturated rings. The molecule has 0 saturated carbocycles. The minimum atomic E-state index is -0.186. The Balaban J connectivity index is 1.32. The smallest absolute Gasteiger partial charge is 0.143 e. The van der Waals surface area contributed by atoms with E-state index in [4.69, 9.17) is 43.6 Å². The van der Waals surface area contributed by atoms with E-state index in [1.807, 2.05) is 12.1 Å². The predicted molar refractivity (Wildman–Crippen MR) is 213 cm³/mol. The lowest BCUT2D eigenvalue weighted by molar-refractivity contribution is 0.657. The number of fused-ring (bicyclic) bond motifs is 7. The topological polar surface area (TPSA) is 13.1 Å². The maximum atomic E-state index is 6.81. The van der Waals surface area contributed by atoms with Crippen molar-refractivity contribution in [1.82, 2.24) is 0 Å². The zero-order valence-corrected chi connectivity index (χ0v) is 27.1. The largest absolute Gasteiger partial charge is 0.455 e. The first-order valence-electron chi connectivity index (χ1n) is 16.5. The van der Waals surface area contributed by atoms with Gasteiger partial charge in [0.1, 0.15) is 50.4 Å². The van der Waals surface area contributed by atoms with Crippen LogP contribution in [0.1, 0.15) is 25.0 Å². The predicted octanol–water partition coefficient (Wildman–Crippen LogP) is 6.09. The standard InChI is InChI=1S/C43H23B5O/c1-43(2)29-9-5-3-7-26(29)34-30(43)19-28(42-35(34)27-8-4-6-10-31(27)49-42)22-15-11-20-13-17-24-25(18-14-21-12-16-23(22)32(20)33(21)24)36-37(44)39(46)41(48)40(47)38(36)45/h3-19H,1-2H3. The summed E-state index contributed by atoms with van der Waals surface area (Å²) < 4.78 is 6.81. The molecule has 0 bridgehead atoms. The molecule has 10 radical (unpaired) electrons. The van der Waals surface area contributed by atoms with Gasteiger partial charge >= 0.3 is 0 Å². The van der Waals surface area contributed by atoms with E-state index in [1.165, 1.54) is 27.6 Å². The third-order valence-electron chi connectivity index (χ3n) is 11.1. The average Bonchev–Trinajstić information content (AvgIpc) is 3.61. The van der Waals surface area contributed by atoms with Crippen molar-refractivity contribution in [3.8, 4) is 33.4 Å². The summed E-state index contributed by atoms with van der Waals surface area (Å²) in [6, 6.07) is 36.9. The molecule has 0 unspecified atom stereocenters. The van der Waals surface area contributed by atoms with E-state index < -0.39 is 0 Å². The fourth-order valence-electron chi connectivity index (χ4n) is 8.66. The molecule has 0 N–H and O–H groups in total. The van der Waals surface area contributed by atoms with E-state index >= 15 is 0 Å². The van der Waals surface area contributed by atoms with E-state index in [2.05, 4.69) is 105 Å². The van der Waals surface area contributed by atoms with Gasteiger partial charge in [-0.1, -0.05) is 116 Å². The first-order valence-corrected chi connectivity index (χ1v) is 16.5. The number of benzene rings is 8. The number of furan rings is 1. The highest BCUT2D eigenvalue weighted by atomic mass is 16.3. The summed E-state index contributed by atoms with van der Waals surface area (Å²) in [4.78, 5) is 0. The maximum Gasteiger partial charge on any atom is 0.143 e. The first-order chi connectivity index (χ1) is 23.7. The summed E-state index contributed by atoms with van der Waals surface area (Å²) in [6.45, 7) is 4.66. The summed E-state index contributed by atoms with van der Waals surface area (Å²) >= 11 is 0. The van der Waals surface area contributed by atoms with Gasteiger partial charge in [-0.3, -0.25) is 0 Å². The molecular weight excluding hydrogens is 587 g/mol. The Labute approximate surface area is 291 Å². The molecule has 0 aliphatic heterocycles. The van der Waals surface area contributed by atoms with Crippen LogP contribution in [0, 0.1) is 0 Å². The Morgan fingerprint density at radius 3 is 1.73 bits per heavy atom. The average molecular weight is 610 g/mol. The quantitative estimate of drug-likeness (QED) is 0.171. The van der Waals surface area contributed by atoms with Gasteiger partial charge in [-0.25, -0.2) is 0 Å². The Kier molecular flexibility index (Phi) is 5.75. The van der Waals surface area contributed by atoms with Crippen LogP contribution in [0.25, 0.3) is 87.6 Å². The lowest BCUT2D eigenvalue weighted by atomic mass is 9.59. The molecule has 9 aromatic rings. The molecule has 6 heteroatoms. The monoisotopic (exact) mass is 610 g/mol. The molecule has 8 aromatic carbocycles. The van der Waals surface area contributed by atoms with Crippen molar-refractivity contribution in [1.29, 1.82) is 0 Å². The van der Waals surface area contributed by atoms with E-state index in [9.17, 15) is 0 Å². The van der Waals surface area contributed by atoms with E-state index in [-0.39, 0.29) is 21.8 Å². The van der Waals surface area contributed by atoms with Crippen molar-refractivity contribution >= 4 is 121 Å². The Morgan fingerprint density at radius 2 is 1.02 bits per heavy atom. The molecule has 216 valence electrons. The van der Waals surface area contributed by atoms with Gasteiger partial charge in [0.2, 0.25) is 0 Å². The second kappa shape index (κ2) is 9.76. The Bertz CT molecular complexity index is 2890. The fraction of sp³-hybridized carbons (Fsp3) is 0.0698. The molecule has 0 atom stereocenters. The molecule has 0 saturated heterocycles. The van der Waals surface area contributed by atoms with Crippen LogP contribution in [0.2, 0.25) is 0 Å². The van der Waals surface area contributed by atoms with Crippen LogP contribution in [0.4, 0.5) is 0 Å². The summed E-state index contributed by atoms with van der Waals surface area (Å²) in [7, 11) is 32.0. The maximum absolute atomic E-state index is 6.81. The second-order valence-corrected chi connectivity index (χ2v) is 13.9. The summed E-state index contributed by atoms with van der Waals surface area (Å²) in [5.41, 5.74) is 11.8. The third kappa shape index (κ3) is 3.62. The fourth-order valence-corrected chi connectivity index (χ4v) is 8.66. The van der Waals surface area contributed by atoms with Crippen LogP contribution < -0.4 is 27.3 Å². The lowest BCUT2D eigenvalue weighted by Gasteiger charge is -2.24. The number of hydrogen-bond donors (Lipinski definition) is 0. The van der Waals surface area contributed by atoms with Gasteiger partial charge < -0.3 is 4.42 Å². The highest BCUT2D eigenvalue weighted by molar-refractivity contribution is 6.69. The Hall–Kier alpha value is -5.08. The van der Waals surface area contributed by atoms with Gasteiger partial charge in [-0.2, -0.15) is 0 Å². The molecule has 1 aliphatic rings. The van der Waals surface area contributed by atoms with Crippen molar-refractivity contribution in [2.24, 2.45) is 0 Å². The van der Waals surface area contributed by atoms with Crippen molar-refractivity contribution in [3.05, 3.63) is 114 Å². The SMILES string of the molecule is [B]c1c([B])c([B])c(-c2ccc3ccc4c(-c5cc6c(c7c5oc5ccccc57)-c5ccccc5C6(C)C)ccc5ccc2c3c54)c([B])c1[B]. The lowest BCUT2D eigenvalue weighted by Crippen LogP contribution is -2.55. The van der Waals surface area contributed by atoms with Crippen LogP contribution in [-0.4, -0.2) is 39.2 Å². The summed E-state index contributed by atoms with van der Waals surface area (Å²) in [5.74, 6) is 0. The van der Waals surface area contributed by atoms with Crippen molar-refractivity contribution in [3.63, 3.8) is 0 Å². The van der Waals surface area contributed by atoms with E-state index in [0.29, 0.717) is 16.5 Å². The van der Waals surface area contributed by atoms with Crippen molar-refractivity contribution < 1.29 is 4.42 Å². The van der Waals surface area contributed by atoms with Gasteiger partial charge in [-0.15, -0.1) is 16.4 Å². The van der Waals surface area contributed by atoms with Crippen molar-refractivity contribution in [2.75, 3.05) is 0 Å². The van der Waals surface area contributed by atoms with Crippen LogP contribution in [0.3, 0.4) is 0 Å². The van der Waals surface area contributed by atoms with E-state index in [0.717, 1.165) is 65.6 Å². The number of para-hydroxylation sites is 1. The number of rotatable bonds is 2. The van der Waals surface area contributed by atoms with Gasteiger partial charge in [0, 0.05) is 21.8 Å². The number of hydrogen-bond acceptors (Lipinski definition) is 1. The minimum Gasteiger partial charge on any atom is -0.455 e. The van der Waals surface area contributed by atoms with Gasteiger partial charge in [-0.05, 0) is 83.4 Å².